The number of thiophene rings is 1. The molecule has 1 aliphatic rings. The first-order valence-electron chi connectivity index (χ1n) is 8.81. The summed E-state index contributed by atoms with van der Waals surface area (Å²) in [5.41, 5.74) is 1.74. The summed E-state index contributed by atoms with van der Waals surface area (Å²) in [5, 5.41) is 2.74. The van der Waals surface area contributed by atoms with Crippen LogP contribution in [0.25, 0.3) is 0 Å². The van der Waals surface area contributed by atoms with Crippen molar-refractivity contribution < 1.29 is 13.2 Å². The first-order valence-corrected chi connectivity index (χ1v) is 11.4. The summed E-state index contributed by atoms with van der Waals surface area (Å²) in [4.78, 5) is 16.9. The van der Waals surface area contributed by atoms with Gasteiger partial charge in [-0.15, -0.1) is 11.3 Å². The molecule has 10 heteroatoms. The van der Waals surface area contributed by atoms with Crippen LogP contribution in [0.2, 0.25) is 4.34 Å². The molecule has 2 heterocycles. The summed E-state index contributed by atoms with van der Waals surface area (Å²) in [6.45, 7) is 3.71. The molecule has 7 nitrogen and oxygen atoms in total. The highest BCUT2D eigenvalue weighted by Crippen LogP contribution is 2.27. The van der Waals surface area contributed by atoms with Crippen LogP contribution < -0.4 is 10.2 Å². The lowest BCUT2D eigenvalue weighted by atomic mass is 10.2. The molecule has 0 saturated carbocycles. The molecule has 1 aliphatic heterocycles. The minimum atomic E-state index is -3.74. The highest BCUT2D eigenvalue weighted by atomic mass is 35.5. The topological polar surface area (TPSA) is 73.0 Å². The van der Waals surface area contributed by atoms with E-state index in [1.807, 2.05) is 24.3 Å². The predicted octanol–water partition coefficient (Wildman–Crippen LogP) is 2.41. The van der Waals surface area contributed by atoms with Gasteiger partial charge in [0.1, 0.15) is 4.21 Å². The number of rotatable bonds is 6. The lowest BCUT2D eigenvalue weighted by Gasteiger charge is -2.34. The fourth-order valence-corrected chi connectivity index (χ4v) is 5.72. The molecule has 28 heavy (non-hydrogen) atoms. The maximum Gasteiger partial charge on any atom is 0.252 e. The number of amides is 1. The Labute approximate surface area is 174 Å². The van der Waals surface area contributed by atoms with Crippen LogP contribution in [0.1, 0.15) is 0 Å². The molecular weight excluding hydrogens is 420 g/mol. The Morgan fingerprint density at radius 2 is 1.79 bits per heavy atom. The van der Waals surface area contributed by atoms with Gasteiger partial charge in [0.2, 0.25) is 5.91 Å². The summed E-state index contributed by atoms with van der Waals surface area (Å²) in [6, 6.07) is 10.6. The molecule has 1 amide bonds. The van der Waals surface area contributed by atoms with Crippen molar-refractivity contribution in [1.82, 2.24) is 9.21 Å². The number of hydrogen-bond acceptors (Lipinski definition) is 6. The zero-order chi connectivity index (χ0) is 20.3. The van der Waals surface area contributed by atoms with Crippen molar-refractivity contribution in [2.45, 2.75) is 4.21 Å². The Morgan fingerprint density at radius 3 is 2.36 bits per heavy atom. The van der Waals surface area contributed by atoms with Gasteiger partial charge in [-0.25, -0.2) is 8.42 Å². The minimum absolute atomic E-state index is 0.115. The first-order chi connectivity index (χ1) is 13.3. The van der Waals surface area contributed by atoms with Gasteiger partial charge in [-0.2, -0.15) is 4.31 Å². The maximum absolute atomic E-state index is 12.5. The lowest BCUT2D eigenvalue weighted by Crippen LogP contribution is -2.44. The van der Waals surface area contributed by atoms with Crippen LogP contribution in [0.15, 0.2) is 40.6 Å². The third kappa shape index (κ3) is 5.03. The number of hydrogen-bond donors (Lipinski definition) is 1. The minimum Gasteiger partial charge on any atom is -0.369 e. The van der Waals surface area contributed by atoms with E-state index in [1.165, 1.54) is 19.2 Å². The molecule has 0 aliphatic carbocycles. The summed E-state index contributed by atoms with van der Waals surface area (Å²) < 4.78 is 26.4. The quantitative estimate of drug-likeness (QED) is 0.743. The SMILES string of the molecule is CN1CCN(c2ccc(NC(=O)CN(C)S(=O)(=O)c3ccc(Cl)s3)cc2)CC1. The van der Waals surface area contributed by atoms with Gasteiger partial charge in [-0.1, -0.05) is 11.6 Å². The zero-order valence-electron chi connectivity index (χ0n) is 15.8. The number of piperazine rings is 1. The monoisotopic (exact) mass is 442 g/mol. The molecule has 1 saturated heterocycles. The average Bonchev–Trinajstić information content (AvgIpc) is 3.10. The van der Waals surface area contributed by atoms with E-state index in [1.54, 1.807) is 0 Å². The van der Waals surface area contributed by atoms with Crippen molar-refractivity contribution in [3.63, 3.8) is 0 Å². The lowest BCUT2D eigenvalue weighted by molar-refractivity contribution is -0.116. The van der Waals surface area contributed by atoms with Crippen LogP contribution in [0.3, 0.4) is 0 Å². The fourth-order valence-electron chi connectivity index (χ4n) is 2.90. The molecule has 0 spiro atoms. The van der Waals surface area contributed by atoms with Crippen molar-refractivity contribution in [2.24, 2.45) is 0 Å². The molecule has 1 aromatic heterocycles. The van der Waals surface area contributed by atoms with Crippen molar-refractivity contribution in [1.29, 1.82) is 0 Å². The second-order valence-corrected chi connectivity index (χ2v) is 10.7. The van der Waals surface area contributed by atoms with Crippen molar-refractivity contribution in [3.05, 3.63) is 40.7 Å². The number of nitrogens with one attached hydrogen (secondary N) is 1. The van der Waals surface area contributed by atoms with Gasteiger partial charge in [0.05, 0.1) is 10.9 Å². The summed E-state index contributed by atoms with van der Waals surface area (Å²) in [7, 11) is -0.250. The molecule has 0 radical (unpaired) electrons. The first kappa shape index (κ1) is 21.1. The average molecular weight is 443 g/mol. The molecule has 0 bridgehead atoms. The number of nitrogens with zero attached hydrogens (tertiary/aromatic N) is 3. The van der Waals surface area contributed by atoms with E-state index in [2.05, 4.69) is 22.2 Å². The molecule has 1 fully saturated rings. The molecule has 3 rings (SSSR count). The van der Waals surface area contributed by atoms with Gasteiger partial charge in [-0.3, -0.25) is 4.79 Å². The zero-order valence-corrected chi connectivity index (χ0v) is 18.1. The summed E-state index contributed by atoms with van der Waals surface area (Å²) in [6.07, 6.45) is 0. The standard InChI is InChI=1S/C18H23ClN4O3S2/c1-21-9-11-23(12-10-21)15-5-3-14(4-6-15)20-17(24)13-22(2)28(25,26)18-8-7-16(19)27-18/h3-8H,9-13H2,1-2H3,(H,20,24). The number of anilines is 2. The van der Waals surface area contributed by atoms with Crippen LogP contribution in [-0.4, -0.2) is 70.3 Å². The van der Waals surface area contributed by atoms with E-state index in [9.17, 15) is 13.2 Å². The molecule has 0 atom stereocenters. The van der Waals surface area contributed by atoms with Crippen LogP contribution >= 0.6 is 22.9 Å². The van der Waals surface area contributed by atoms with E-state index in [-0.39, 0.29) is 10.8 Å². The van der Waals surface area contributed by atoms with E-state index in [0.717, 1.165) is 47.5 Å². The highest BCUT2D eigenvalue weighted by Gasteiger charge is 2.24. The number of likely N-dealkylation sites (N-methyl/N-ethyl adjacent to an activating group) is 2. The third-order valence-electron chi connectivity index (χ3n) is 4.60. The maximum atomic E-state index is 12.5. The molecular formula is C18H23ClN4O3S2. The third-order valence-corrected chi connectivity index (χ3v) is 8.10. The van der Waals surface area contributed by atoms with Crippen molar-refractivity contribution in [3.8, 4) is 0 Å². The largest absolute Gasteiger partial charge is 0.369 e. The van der Waals surface area contributed by atoms with Gasteiger partial charge in [0.25, 0.3) is 10.0 Å². The normalized spacial score (nSPS) is 15.8. The van der Waals surface area contributed by atoms with Crippen LogP contribution in [-0.2, 0) is 14.8 Å². The molecule has 0 unspecified atom stereocenters. The van der Waals surface area contributed by atoms with Gasteiger partial charge in [0.15, 0.2) is 0 Å². The van der Waals surface area contributed by atoms with Crippen LogP contribution in [0.5, 0.6) is 0 Å². The molecule has 2 aromatic rings. The van der Waals surface area contributed by atoms with E-state index in [0.29, 0.717) is 10.0 Å². The van der Waals surface area contributed by atoms with Gasteiger partial charge < -0.3 is 15.1 Å². The van der Waals surface area contributed by atoms with E-state index in [4.69, 9.17) is 11.6 Å². The molecule has 152 valence electrons. The summed E-state index contributed by atoms with van der Waals surface area (Å²) in [5.74, 6) is -0.402. The number of carbonyl (C=O) groups excluding carboxylic acids is 1. The Kier molecular flexibility index (Phi) is 6.61. The fraction of sp³-hybridized carbons (Fsp3) is 0.389. The van der Waals surface area contributed by atoms with Crippen molar-refractivity contribution in [2.75, 3.05) is 57.0 Å². The molecule has 1 aromatic carbocycles. The Balaban J connectivity index is 1.57. The molecule has 1 N–H and O–H groups in total. The smallest absolute Gasteiger partial charge is 0.252 e. The van der Waals surface area contributed by atoms with Crippen molar-refractivity contribution >= 4 is 50.2 Å². The van der Waals surface area contributed by atoms with E-state index >= 15 is 0 Å². The number of benzene rings is 1. The Bertz CT molecular complexity index is 923. The predicted molar refractivity (Wildman–Crippen MR) is 114 cm³/mol. The second-order valence-electron chi connectivity index (χ2n) is 6.70. The Morgan fingerprint density at radius 1 is 1.14 bits per heavy atom. The summed E-state index contributed by atoms with van der Waals surface area (Å²) >= 11 is 6.78. The van der Waals surface area contributed by atoms with Gasteiger partial charge in [-0.05, 0) is 43.4 Å². The van der Waals surface area contributed by atoms with Crippen LogP contribution in [0, 0.1) is 0 Å². The van der Waals surface area contributed by atoms with E-state index < -0.39 is 15.9 Å². The second kappa shape index (κ2) is 8.79. The highest BCUT2D eigenvalue weighted by molar-refractivity contribution is 7.91. The van der Waals surface area contributed by atoms with Gasteiger partial charge in [0, 0.05) is 44.6 Å². The number of carbonyl (C=O) groups is 1. The number of sulfonamides is 1. The Hall–Kier alpha value is -1.65. The van der Waals surface area contributed by atoms with Gasteiger partial charge >= 0.3 is 0 Å². The van der Waals surface area contributed by atoms with Crippen LogP contribution in [0.4, 0.5) is 11.4 Å². The number of halogens is 1.